The summed E-state index contributed by atoms with van der Waals surface area (Å²) in [7, 11) is -1.22. The Hall–Kier alpha value is -0.183. The largest absolute Gasteiger partial charge is 0.190 e. The van der Waals surface area contributed by atoms with Crippen LogP contribution in [0.25, 0.3) is 0 Å². The Morgan fingerprint density at radius 1 is 1.00 bits per heavy atom. The molecule has 1 aliphatic carbocycles. The lowest BCUT2D eigenvalue weighted by atomic mass is 10.2. The van der Waals surface area contributed by atoms with Crippen molar-refractivity contribution < 1.29 is 0 Å². The van der Waals surface area contributed by atoms with Gasteiger partial charge in [0.1, 0.15) is 0 Å². The first-order chi connectivity index (χ1) is 6.34. The van der Waals surface area contributed by atoms with E-state index in [1.165, 1.54) is 12.8 Å². The fraction of sp³-hybridized carbons (Fsp3) is 1.00. The van der Waals surface area contributed by atoms with Crippen LogP contribution >= 0.6 is 0 Å². The minimum absolute atomic E-state index is 0.480. The zero-order chi connectivity index (χ0) is 10.6. The maximum absolute atomic E-state index is 4.42. The number of azo groups is 1. The summed E-state index contributed by atoms with van der Waals surface area (Å²) in [6.07, 6.45) is 2.59. The van der Waals surface area contributed by atoms with E-state index in [4.69, 9.17) is 0 Å². The molecule has 1 saturated carbocycles. The molecule has 0 N–H and O–H groups in total. The maximum Gasteiger partial charge on any atom is 0.0734 e. The Morgan fingerprint density at radius 3 is 1.71 bits per heavy atom. The van der Waals surface area contributed by atoms with Crippen molar-refractivity contribution in [3.63, 3.8) is 0 Å². The van der Waals surface area contributed by atoms with E-state index in [0.29, 0.717) is 17.1 Å². The van der Waals surface area contributed by atoms with Crippen LogP contribution in [0.5, 0.6) is 0 Å². The average molecular weight is 210 g/mol. The number of nitrogens with zero attached hydrogens (tertiary/aromatic N) is 2. The van der Waals surface area contributed by atoms with Gasteiger partial charge >= 0.3 is 0 Å². The second-order valence-electron chi connectivity index (χ2n) is 6.44. The topological polar surface area (TPSA) is 24.7 Å². The Bertz CT molecular complexity index is 251. The van der Waals surface area contributed by atoms with Gasteiger partial charge in [0.15, 0.2) is 0 Å². The maximum atomic E-state index is 4.42. The molecule has 0 saturated heterocycles. The van der Waals surface area contributed by atoms with Gasteiger partial charge in [-0.1, -0.05) is 33.9 Å². The average Bonchev–Trinajstić information content (AvgIpc) is 2.59. The first-order valence-electron chi connectivity index (χ1n) is 5.74. The van der Waals surface area contributed by atoms with Gasteiger partial charge in [-0.15, -0.1) is 0 Å². The second-order valence-corrected chi connectivity index (χ2v) is 12.1. The summed E-state index contributed by atoms with van der Waals surface area (Å²) in [5.41, 5.74) is 0.822. The van der Waals surface area contributed by atoms with Crippen molar-refractivity contribution in [3.05, 3.63) is 0 Å². The highest BCUT2D eigenvalue weighted by molar-refractivity contribution is 6.82. The van der Waals surface area contributed by atoms with Gasteiger partial charge < -0.3 is 0 Å². The van der Waals surface area contributed by atoms with Crippen molar-refractivity contribution in [2.45, 2.75) is 69.4 Å². The van der Waals surface area contributed by atoms with Crippen LogP contribution < -0.4 is 0 Å². The van der Waals surface area contributed by atoms with Crippen LogP contribution in [-0.4, -0.2) is 20.2 Å². The van der Waals surface area contributed by atoms with Gasteiger partial charge in [-0.2, -0.15) is 10.2 Å². The van der Waals surface area contributed by atoms with Crippen LogP contribution in [0.1, 0.15) is 33.6 Å². The summed E-state index contributed by atoms with van der Waals surface area (Å²) in [6, 6.07) is 1.17. The molecule has 2 rings (SSSR count). The molecule has 2 nitrogen and oxygen atoms in total. The normalized spacial score (nSPS) is 36.8. The van der Waals surface area contributed by atoms with Gasteiger partial charge in [0, 0.05) is 5.54 Å². The van der Waals surface area contributed by atoms with E-state index in [9.17, 15) is 0 Å². The van der Waals surface area contributed by atoms with Crippen LogP contribution in [0.3, 0.4) is 0 Å². The van der Waals surface area contributed by atoms with Crippen molar-refractivity contribution in [1.82, 2.24) is 0 Å². The molecule has 2 aliphatic rings. The highest BCUT2D eigenvalue weighted by Gasteiger charge is 2.54. The standard InChI is InChI=1S/C11H22N2Si/c1-11(2,3)14(4,5)10-8-6-7-9(10)13-12-8/h8-10H,6-7H2,1-5H3. The summed E-state index contributed by atoms with van der Waals surface area (Å²) in [6.45, 7) is 12.3. The van der Waals surface area contributed by atoms with Gasteiger partial charge in [0.05, 0.1) is 20.2 Å². The molecule has 14 heavy (non-hydrogen) atoms. The monoisotopic (exact) mass is 210 g/mol. The Morgan fingerprint density at radius 2 is 1.43 bits per heavy atom. The summed E-state index contributed by atoms with van der Waals surface area (Å²) in [5, 5.41) is 9.33. The third-order valence-corrected chi connectivity index (χ3v) is 11.0. The zero-order valence-electron chi connectivity index (χ0n) is 10.0. The van der Waals surface area contributed by atoms with Gasteiger partial charge in [0.2, 0.25) is 0 Å². The molecule has 2 unspecified atom stereocenters. The Balaban J connectivity index is 2.25. The summed E-state index contributed by atoms with van der Waals surface area (Å²) in [4.78, 5) is 0. The van der Waals surface area contributed by atoms with Gasteiger partial charge in [-0.3, -0.25) is 0 Å². The molecule has 3 heteroatoms. The quantitative estimate of drug-likeness (QED) is 0.587. The molecule has 2 atom stereocenters. The van der Waals surface area contributed by atoms with E-state index in [-0.39, 0.29) is 0 Å². The SMILES string of the molecule is CC(C)(C)[Si](C)(C)C1C2CCC1N=N2. The summed E-state index contributed by atoms with van der Waals surface area (Å²) in [5.74, 6) is 0. The molecule has 0 radical (unpaired) electrons. The third kappa shape index (κ3) is 1.28. The molecule has 0 spiro atoms. The number of fused-ring (bicyclic) bond motifs is 2. The highest BCUT2D eigenvalue weighted by Crippen LogP contribution is 2.54. The van der Waals surface area contributed by atoms with E-state index in [1.54, 1.807) is 0 Å². The van der Waals surface area contributed by atoms with E-state index < -0.39 is 8.07 Å². The van der Waals surface area contributed by atoms with Gasteiger partial charge in [0.25, 0.3) is 0 Å². The van der Waals surface area contributed by atoms with Crippen LogP contribution in [0.2, 0.25) is 23.7 Å². The van der Waals surface area contributed by atoms with E-state index in [0.717, 1.165) is 5.54 Å². The summed E-state index contributed by atoms with van der Waals surface area (Å²) < 4.78 is 0. The molecule has 0 aromatic carbocycles. The summed E-state index contributed by atoms with van der Waals surface area (Å²) >= 11 is 0. The molecule has 1 heterocycles. The second kappa shape index (κ2) is 2.91. The first kappa shape index (κ1) is 10.3. The van der Waals surface area contributed by atoms with E-state index in [2.05, 4.69) is 44.1 Å². The van der Waals surface area contributed by atoms with Crippen LogP contribution in [0.15, 0.2) is 10.2 Å². The first-order valence-corrected chi connectivity index (χ1v) is 8.82. The Labute approximate surface area is 88.2 Å². The molecule has 0 amide bonds. The van der Waals surface area contributed by atoms with Crippen molar-refractivity contribution >= 4 is 8.07 Å². The van der Waals surface area contributed by atoms with Crippen molar-refractivity contribution in [2.24, 2.45) is 10.2 Å². The predicted molar refractivity (Wildman–Crippen MR) is 62.6 cm³/mol. The molecule has 1 aliphatic heterocycles. The molecule has 0 aromatic rings. The van der Waals surface area contributed by atoms with E-state index in [1.807, 2.05) is 0 Å². The van der Waals surface area contributed by atoms with Crippen LogP contribution in [0.4, 0.5) is 0 Å². The number of rotatable bonds is 1. The molecule has 80 valence electrons. The third-order valence-electron chi connectivity index (χ3n) is 4.72. The number of hydrogen-bond acceptors (Lipinski definition) is 2. The van der Waals surface area contributed by atoms with Gasteiger partial charge in [-0.05, 0) is 17.9 Å². The van der Waals surface area contributed by atoms with Crippen LogP contribution in [0, 0.1) is 0 Å². The molecular formula is C11H22N2Si. The zero-order valence-corrected chi connectivity index (χ0v) is 11.0. The minimum Gasteiger partial charge on any atom is -0.190 e. The fourth-order valence-electron chi connectivity index (χ4n) is 2.85. The number of hydrogen-bond donors (Lipinski definition) is 0. The van der Waals surface area contributed by atoms with Crippen molar-refractivity contribution in [1.29, 1.82) is 0 Å². The lowest BCUT2D eigenvalue weighted by molar-refractivity contribution is 0.643. The molecule has 1 fully saturated rings. The lowest BCUT2D eigenvalue weighted by Gasteiger charge is -2.42. The predicted octanol–water partition coefficient (Wildman–Crippen LogP) is 3.86. The van der Waals surface area contributed by atoms with Crippen molar-refractivity contribution in [3.8, 4) is 0 Å². The Kier molecular flexibility index (Phi) is 2.15. The van der Waals surface area contributed by atoms with Crippen molar-refractivity contribution in [2.75, 3.05) is 0 Å². The fourth-order valence-corrected chi connectivity index (χ4v) is 6.24. The lowest BCUT2D eigenvalue weighted by Crippen LogP contribution is -2.46. The van der Waals surface area contributed by atoms with Gasteiger partial charge in [-0.25, -0.2) is 0 Å². The minimum atomic E-state index is -1.22. The molecule has 0 aromatic heterocycles. The smallest absolute Gasteiger partial charge is 0.0734 e. The highest BCUT2D eigenvalue weighted by atomic mass is 28.3. The van der Waals surface area contributed by atoms with Crippen LogP contribution in [-0.2, 0) is 0 Å². The molecule has 2 bridgehead atoms. The molecular weight excluding hydrogens is 188 g/mol. The van der Waals surface area contributed by atoms with E-state index >= 15 is 0 Å².